The third-order valence-electron chi connectivity index (χ3n) is 5.14. The van der Waals surface area contributed by atoms with Gasteiger partial charge in [0.05, 0.1) is 12.2 Å². The van der Waals surface area contributed by atoms with Crippen molar-refractivity contribution in [3.05, 3.63) is 35.4 Å². The fourth-order valence-corrected chi connectivity index (χ4v) is 3.95. The molecule has 2 bridgehead atoms. The van der Waals surface area contributed by atoms with Crippen molar-refractivity contribution in [2.75, 3.05) is 6.54 Å². The van der Waals surface area contributed by atoms with Crippen LogP contribution in [0.3, 0.4) is 0 Å². The van der Waals surface area contributed by atoms with Gasteiger partial charge in [-0.2, -0.15) is 0 Å². The van der Waals surface area contributed by atoms with E-state index in [-0.39, 0.29) is 5.41 Å². The van der Waals surface area contributed by atoms with Crippen LogP contribution in [0.1, 0.15) is 64.1 Å². The number of hydrogen-bond donors (Lipinski definition) is 1. The first kappa shape index (κ1) is 15.1. The maximum absolute atomic E-state index is 6.07. The molecule has 2 nitrogen and oxygen atoms in total. The first-order valence-electron chi connectivity index (χ1n) is 8.48. The van der Waals surface area contributed by atoms with E-state index in [9.17, 15) is 0 Å². The molecule has 1 aromatic carbocycles. The molecule has 2 aliphatic heterocycles. The van der Waals surface area contributed by atoms with Gasteiger partial charge in [-0.15, -0.1) is 0 Å². The Morgan fingerprint density at radius 3 is 2.38 bits per heavy atom. The number of hydrogen-bond acceptors (Lipinski definition) is 2. The van der Waals surface area contributed by atoms with Crippen LogP contribution in [0.15, 0.2) is 24.3 Å². The molecular formula is C19H29NO. The molecule has 4 atom stereocenters. The van der Waals surface area contributed by atoms with E-state index in [0.717, 1.165) is 6.54 Å². The van der Waals surface area contributed by atoms with Crippen LogP contribution in [0.4, 0.5) is 0 Å². The van der Waals surface area contributed by atoms with E-state index in [0.29, 0.717) is 24.2 Å². The fourth-order valence-electron chi connectivity index (χ4n) is 3.95. The van der Waals surface area contributed by atoms with Gasteiger partial charge in [0.2, 0.25) is 0 Å². The summed E-state index contributed by atoms with van der Waals surface area (Å²) < 4.78 is 6.07. The molecule has 1 N–H and O–H groups in total. The van der Waals surface area contributed by atoms with E-state index >= 15 is 0 Å². The Morgan fingerprint density at radius 2 is 1.90 bits per heavy atom. The predicted octanol–water partition coefficient (Wildman–Crippen LogP) is 4.20. The second-order valence-electron chi connectivity index (χ2n) is 7.68. The summed E-state index contributed by atoms with van der Waals surface area (Å²) >= 11 is 0. The minimum atomic E-state index is 0.224. The highest BCUT2D eigenvalue weighted by Gasteiger charge is 2.44. The van der Waals surface area contributed by atoms with Crippen molar-refractivity contribution in [2.24, 2.45) is 5.92 Å². The Hall–Kier alpha value is -0.860. The van der Waals surface area contributed by atoms with Crippen LogP contribution in [-0.2, 0) is 10.2 Å². The molecule has 3 rings (SSSR count). The standard InChI is InChI=1S/C19H29NO/c1-5-20-18(16-12-15-10-11-17(16)21-15)13-6-8-14(9-7-13)19(2,3)4/h6-9,15-18,20H,5,10-12H2,1-4H3. The minimum Gasteiger partial charge on any atom is -0.375 e. The van der Waals surface area contributed by atoms with Crippen LogP contribution in [0.25, 0.3) is 0 Å². The van der Waals surface area contributed by atoms with Gasteiger partial charge in [0.15, 0.2) is 0 Å². The lowest BCUT2D eigenvalue weighted by Crippen LogP contribution is -2.33. The molecule has 2 aliphatic rings. The second-order valence-corrected chi connectivity index (χ2v) is 7.68. The SMILES string of the molecule is CCNC(c1ccc(C(C)(C)C)cc1)C1CC2CCC1O2. The summed E-state index contributed by atoms with van der Waals surface area (Å²) in [7, 11) is 0. The number of benzene rings is 1. The second kappa shape index (κ2) is 5.73. The van der Waals surface area contributed by atoms with Crippen LogP contribution >= 0.6 is 0 Å². The van der Waals surface area contributed by atoms with Crippen LogP contribution in [-0.4, -0.2) is 18.8 Å². The Labute approximate surface area is 129 Å². The molecule has 2 heterocycles. The van der Waals surface area contributed by atoms with Crippen LogP contribution in [0.5, 0.6) is 0 Å². The molecule has 0 aliphatic carbocycles. The number of nitrogens with one attached hydrogen (secondary N) is 1. The molecule has 0 amide bonds. The lowest BCUT2D eigenvalue weighted by atomic mass is 9.80. The molecule has 4 unspecified atom stereocenters. The summed E-state index contributed by atoms with van der Waals surface area (Å²) in [4.78, 5) is 0. The van der Waals surface area contributed by atoms with Gasteiger partial charge in [0.1, 0.15) is 0 Å². The largest absolute Gasteiger partial charge is 0.375 e. The summed E-state index contributed by atoms with van der Waals surface area (Å²) in [5, 5.41) is 3.70. The van der Waals surface area contributed by atoms with Gasteiger partial charge in [-0.3, -0.25) is 0 Å². The summed E-state index contributed by atoms with van der Waals surface area (Å²) in [6.45, 7) is 10.0. The minimum absolute atomic E-state index is 0.224. The summed E-state index contributed by atoms with van der Waals surface area (Å²) in [6.07, 6.45) is 4.74. The van der Waals surface area contributed by atoms with Gasteiger partial charge in [-0.05, 0) is 42.3 Å². The van der Waals surface area contributed by atoms with Gasteiger partial charge in [-0.25, -0.2) is 0 Å². The molecule has 116 valence electrons. The lowest BCUT2D eigenvalue weighted by Gasteiger charge is -2.30. The van der Waals surface area contributed by atoms with Gasteiger partial charge in [0, 0.05) is 12.0 Å². The van der Waals surface area contributed by atoms with Crippen molar-refractivity contribution in [3.8, 4) is 0 Å². The number of rotatable bonds is 4. The average molecular weight is 287 g/mol. The first-order chi connectivity index (χ1) is 9.99. The monoisotopic (exact) mass is 287 g/mol. The van der Waals surface area contributed by atoms with Crippen LogP contribution < -0.4 is 5.32 Å². The third-order valence-corrected chi connectivity index (χ3v) is 5.14. The molecule has 0 aromatic heterocycles. The van der Waals surface area contributed by atoms with E-state index in [4.69, 9.17) is 4.74 Å². The molecule has 0 radical (unpaired) electrons. The summed E-state index contributed by atoms with van der Waals surface area (Å²) in [6, 6.07) is 9.68. The molecular weight excluding hydrogens is 258 g/mol. The highest BCUT2D eigenvalue weighted by atomic mass is 16.5. The summed E-state index contributed by atoms with van der Waals surface area (Å²) in [5.41, 5.74) is 3.05. The van der Waals surface area contributed by atoms with Crippen molar-refractivity contribution in [3.63, 3.8) is 0 Å². The highest BCUT2D eigenvalue weighted by molar-refractivity contribution is 5.30. The number of ether oxygens (including phenoxy) is 1. The van der Waals surface area contributed by atoms with Gasteiger partial charge >= 0.3 is 0 Å². The number of fused-ring (bicyclic) bond motifs is 2. The molecule has 2 saturated heterocycles. The smallest absolute Gasteiger partial charge is 0.0627 e. The van der Waals surface area contributed by atoms with Crippen molar-refractivity contribution < 1.29 is 4.74 Å². The van der Waals surface area contributed by atoms with E-state index in [1.165, 1.54) is 30.4 Å². The Morgan fingerprint density at radius 1 is 1.19 bits per heavy atom. The van der Waals surface area contributed by atoms with E-state index in [2.05, 4.69) is 57.3 Å². The van der Waals surface area contributed by atoms with Gasteiger partial charge in [0.25, 0.3) is 0 Å². The lowest BCUT2D eigenvalue weighted by molar-refractivity contribution is 0.0858. The maximum atomic E-state index is 6.07. The molecule has 2 heteroatoms. The first-order valence-corrected chi connectivity index (χ1v) is 8.48. The zero-order valence-electron chi connectivity index (χ0n) is 13.9. The van der Waals surface area contributed by atoms with Crippen molar-refractivity contribution in [1.29, 1.82) is 0 Å². The topological polar surface area (TPSA) is 21.3 Å². The molecule has 1 aromatic rings. The van der Waals surface area contributed by atoms with Gasteiger partial charge in [-0.1, -0.05) is 52.0 Å². The normalized spacial score (nSPS) is 29.8. The predicted molar refractivity (Wildman–Crippen MR) is 87.6 cm³/mol. The fraction of sp³-hybridized carbons (Fsp3) is 0.684. The highest BCUT2D eigenvalue weighted by Crippen LogP contribution is 2.44. The molecule has 2 fully saturated rings. The van der Waals surface area contributed by atoms with Gasteiger partial charge < -0.3 is 10.1 Å². The average Bonchev–Trinajstić information content (AvgIpc) is 3.06. The quantitative estimate of drug-likeness (QED) is 0.896. The molecule has 0 saturated carbocycles. The Bertz CT molecular complexity index is 473. The van der Waals surface area contributed by atoms with Crippen molar-refractivity contribution in [2.45, 2.75) is 70.6 Å². The Balaban J connectivity index is 1.81. The zero-order valence-corrected chi connectivity index (χ0v) is 13.9. The van der Waals surface area contributed by atoms with E-state index in [1.807, 2.05) is 0 Å². The maximum Gasteiger partial charge on any atom is 0.0627 e. The van der Waals surface area contributed by atoms with Crippen LogP contribution in [0, 0.1) is 5.92 Å². The van der Waals surface area contributed by atoms with E-state index in [1.54, 1.807) is 0 Å². The van der Waals surface area contributed by atoms with Crippen molar-refractivity contribution >= 4 is 0 Å². The molecule has 21 heavy (non-hydrogen) atoms. The molecule has 0 spiro atoms. The summed E-state index contributed by atoms with van der Waals surface area (Å²) in [5.74, 6) is 0.643. The Kier molecular flexibility index (Phi) is 4.11. The zero-order chi connectivity index (χ0) is 15.0. The van der Waals surface area contributed by atoms with E-state index < -0.39 is 0 Å². The van der Waals surface area contributed by atoms with Crippen molar-refractivity contribution in [1.82, 2.24) is 5.32 Å². The van der Waals surface area contributed by atoms with Crippen LogP contribution in [0.2, 0.25) is 0 Å². The third kappa shape index (κ3) is 3.02.